The summed E-state index contributed by atoms with van der Waals surface area (Å²) >= 11 is 5.95. The minimum atomic E-state index is -0.428. The third kappa shape index (κ3) is 4.61. The second-order valence-corrected chi connectivity index (χ2v) is 7.68. The van der Waals surface area contributed by atoms with Crippen LogP contribution in [0.3, 0.4) is 0 Å². The van der Waals surface area contributed by atoms with E-state index in [0.29, 0.717) is 43.2 Å². The maximum Gasteiger partial charge on any atom is 0.332 e. The minimum absolute atomic E-state index is 0.0892. The van der Waals surface area contributed by atoms with E-state index in [-0.39, 0.29) is 23.0 Å². The number of nitrogens with one attached hydrogen (secondary N) is 1. The zero-order valence-electron chi connectivity index (χ0n) is 17.2. The molecule has 1 aromatic carbocycles. The number of hydrogen-bond donors (Lipinski definition) is 1. The van der Waals surface area contributed by atoms with Gasteiger partial charge in [0.2, 0.25) is 17.1 Å². The maximum atomic E-state index is 12.9. The molecule has 1 N–H and O–H groups in total. The zero-order valence-corrected chi connectivity index (χ0v) is 17.9. The first-order chi connectivity index (χ1) is 15.1. The lowest BCUT2D eigenvalue weighted by Crippen LogP contribution is -2.40. The van der Waals surface area contributed by atoms with Gasteiger partial charge in [0, 0.05) is 19.5 Å². The average Bonchev–Trinajstić information content (AvgIpc) is 3.37. The minimum Gasteiger partial charge on any atom is -0.425 e. The third-order valence-electron chi connectivity index (χ3n) is 5.05. The van der Waals surface area contributed by atoms with Crippen LogP contribution >= 0.6 is 11.6 Å². The van der Waals surface area contributed by atoms with Crippen molar-refractivity contribution in [1.82, 2.24) is 29.3 Å². The number of aromatic amines is 1. The van der Waals surface area contributed by atoms with Crippen LogP contribution in [-0.4, -0.2) is 29.3 Å². The molecule has 0 radical (unpaired) electrons. The van der Waals surface area contributed by atoms with Crippen molar-refractivity contribution in [3.05, 3.63) is 73.8 Å². The number of imidazole rings is 1. The first kappa shape index (κ1) is 21.0. The number of aryl methyl sites for hydroxylation is 2. The van der Waals surface area contributed by atoms with E-state index >= 15 is 0 Å². The Bertz CT molecular complexity index is 1290. The van der Waals surface area contributed by atoms with Crippen molar-refractivity contribution in [2.24, 2.45) is 0 Å². The number of unbranched alkanes of at least 4 members (excludes halogenated alkanes) is 1. The van der Waals surface area contributed by atoms with Gasteiger partial charge in [0.05, 0.1) is 6.42 Å². The first-order valence-corrected chi connectivity index (χ1v) is 10.7. The van der Waals surface area contributed by atoms with Gasteiger partial charge in [-0.1, -0.05) is 43.7 Å². The molecule has 0 unspecified atom stereocenters. The molecular formula is C21H23ClN6O3. The summed E-state index contributed by atoms with van der Waals surface area (Å²) in [5.41, 5.74) is 0.811. The molecule has 0 aliphatic heterocycles. The van der Waals surface area contributed by atoms with Crippen molar-refractivity contribution in [2.45, 2.75) is 52.1 Å². The van der Waals surface area contributed by atoms with Gasteiger partial charge in [0.25, 0.3) is 5.56 Å². The van der Waals surface area contributed by atoms with Gasteiger partial charge in [-0.2, -0.15) is 4.98 Å². The van der Waals surface area contributed by atoms with E-state index in [4.69, 9.17) is 16.0 Å². The van der Waals surface area contributed by atoms with Crippen LogP contribution in [0.5, 0.6) is 0 Å². The Morgan fingerprint density at radius 1 is 1.03 bits per heavy atom. The summed E-state index contributed by atoms with van der Waals surface area (Å²) in [5, 5.41) is 8.25. The van der Waals surface area contributed by atoms with E-state index in [1.165, 1.54) is 9.13 Å². The van der Waals surface area contributed by atoms with Crippen LogP contribution in [0, 0.1) is 0 Å². The highest BCUT2D eigenvalue weighted by molar-refractivity contribution is 6.28. The molecule has 4 rings (SSSR count). The van der Waals surface area contributed by atoms with Crippen molar-refractivity contribution in [3.63, 3.8) is 0 Å². The molecule has 3 aromatic heterocycles. The van der Waals surface area contributed by atoms with Crippen molar-refractivity contribution in [3.8, 4) is 0 Å². The summed E-state index contributed by atoms with van der Waals surface area (Å²) in [5.74, 6) is 1.02. The van der Waals surface area contributed by atoms with E-state index in [1.54, 1.807) is 0 Å². The molecule has 0 amide bonds. The van der Waals surface area contributed by atoms with Crippen LogP contribution < -0.4 is 11.2 Å². The third-order valence-corrected chi connectivity index (χ3v) is 5.23. The van der Waals surface area contributed by atoms with E-state index in [0.717, 1.165) is 18.4 Å². The molecule has 0 atom stereocenters. The molecule has 0 fully saturated rings. The standard InChI is InChI=1S/C21H23ClN6O3/c1-2-3-11-27-18-17(23-20(22)24-18)19(29)28(21(27)30)12-7-10-15-25-26-16(31-15)13-14-8-5-4-6-9-14/h4-6,8-9H,2-3,7,10-13H2,1H3,(H,23,24). The van der Waals surface area contributed by atoms with Crippen molar-refractivity contribution >= 4 is 22.8 Å². The molecule has 0 saturated heterocycles. The lowest BCUT2D eigenvalue weighted by atomic mass is 10.2. The number of nitrogens with zero attached hydrogens (tertiary/aromatic N) is 5. The van der Waals surface area contributed by atoms with Crippen LogP contribution in [0.2, 0.25) is 5.28 Å². The molecule has 162 valence electrons. The van der Waals surface area contributed by atoms with Crippen molar-refractivity contribution in [2.75, 3.05) is 0 Å². The van der Waals surface area contributed by atoms with Gasteiger partial charge in [-0.15, -0.1) is 10.2 Å². The number of halogens is 1. The summed E-state index contributed by atoms with van der Waals surface area (Å²) in [6.45, 7) is 2.73. The molecule has 0 saturated carbocycles. The quantitative estimate of drug-likeness (QED) is 0.399. The van der Waals surface area contributed by atoms with E-state index < -0.39 is 5.56 Å². The monoisotopic (exact) mass is 442 g/mol. The van der Waals surface area contributed by atoms with Crippen LogP contribution in [0.4, 0.5) is 0 Å². The molecule has 0 spiro atoms. The smallest absolute Gasteiger partial charge is 0.332 e. The van der Waals surface area contributed by atoms with Gasteiger partial charge in [-0.3, -0.25) is 13.9 Å². The molecule has 31 heavy (non-hydrogen) atoms. The lowest BCUT2D eigenvalue weighted by molar-refractivity contribution is 0.440. The lowest BCUT2D eigenvalue weighted by Gasteiger charge is -2.10. The first-order valence-electron chi connectivity index (χ1n) is 10.3. The highest BCUT2D eigenvalue weighted by Crippen LogP contribution is 2.12. The number of H-pyrrole nitrogens is 1. The van der Waals surface area contributed by atoms with E-state index in [1.807, 2.05) is 37.3 Å². The fourth-order valence-electron chi connectivity index (χ4n) is 3.47. The second-order valence-electron chi connectivity index (χ2n) is 7.33. The highest BCUT2D eigenvalue weighted by Gasteiger charge is 2.17. The molecule has 9 nitrogen and oxygen atoms in total. The maximum absolute atomic E-state index is 12.9. The predicted molar refractivity (Wildman–Crippen MR) is 116 cm³/mol. The number of aromatic nitrogens is 6. The molecule has 0 aliphatic carbocycles. The van der Waals surface area contributed by atoms with Crippen LogP contribution in [0.25, 0.3) is 11.2 Å². The Morgan fingerprint density at radius 2 is 1.77 bits per heavy atom. The average molecular weight is 443 g/mol. The largest absolute Gasteiger partial charge is 0.425 e. The number of fused-ring (bicyclic) bond motifs is 1. The summed E-state index contributed by atoms with van der Waals surface area (Å²) in [6, 6.07) is 9.87. The van der Waals surface area contributed by atoms with Crippen LogP contribution in [0.1, 0.15) is 43.5 Å². The fraction of sp³-hybridized carbons (Fsp3) is 0.381. The van der Waals surface area contributed by atoms with Gasteiger partial charge < -0.3 is 9.40 Å². The molecule has 0 aliphatic rings. The Labute approximate surface area is 182 Å². The summed E-state index contributed by atoms with van der Waals surface area (Å²) in [7, 11) is 0. The summed E-state index contributed by atoms with van der Waals surface area (Å²) < 4.78 is 8.43. The molecule has 4 aromatic rings. The van der Waals surface area contributed by atoms with Crippen LogP contribution in [-0.2, 0) is 25.9 Å². The van der Waals surface area contributed by atoms with Gasteiger partial charge in [0.1, 0.15) is 0 Å². The van der Waals surface area contributed by atoms with Crippen LogP contribution in [0.15, 0.2) is 44.3 Å². The molecule has 3 heterocycles. The van der Waals surface area contributed by atoms with Gasteiger partial charge in [0.15, 0.2) is 11.2 Å². The topological polar surface area (TPSA) is 112 Å². The van der Waals surface area contributed by atoms with E-state index in [2.05, 4.69) is 20.2 Å². The van der Waals surface area contributed by atoms with Crippen molar-refractivity contribution < 1.29 is 4.42 Å². The fourth-order valence-corrected chi connectivity index (χ4v) is 3.65. The normalized spacial score (nSPS) is 11.4. The Hall–Kier alpha value is -3.20. The number of hydrogen-bond acceptors (Lipinski definition) is 6. The van der Waals surface area contributed by atoms with Gasteiger partial charge >= 0.3 is 5.69 Å². The molecule has 10 heteroatoms. The Kier molecular flexibility index (Phi) is 6.31. The molecular weight excluding hydrogens is 420 g/mol. The SMILES string of the molecule is CCCCn1c(=O)n(CCCc2nnc(Cc3ccccc3)o2)c(=O)c2[nH]c(Cl)nc21. The number of benzene rings is 1. The summed E-state index contributed by atoms with van der Waals surface area (Å²) in [4.78, 5) is 32.6. The zero-order chi connectivity index (χ0) is 21.8. The van der Waals surface area contributed by atoms with Crippen molar-refractivity contribution in [1.29, 1.82) is 0 Å². The summed E-state index contributed by atoms with van der Waals surface area (Å²) in [6.07, 6.45) is 3.23. The van der Waals surface area contributed by atoms with Gasteiger partial charge in [-0.25, -0.2) is 4.79 Å². The van der Waals surface area contributed by atoms with E-state index in [9.17, 15) is 9.59 Å². The Balaban J connectivity index is 1.49. The molecule has 0 bridgehead atoms. The van der Waals surface area contributed by atoms with Gasteiger partial charge in [-0.05, 0) is 30.0 Å². The predicted octanol–water partition coefficient (Wildman–Crippen LogP) is 2.95. The second kappa shape index (κ2) is 9.30. The number of rotatable bonds is 9. The highest BCUT2D eigenvalue weighted by atomic mass is 35.5. The Morgan fingerprint density at radius 3 is 2.55 bits per heavy atom.